The minimum atomic E-state index is -10.2. The van der Waals surface area contributed by atoms with E-state index in [1.807, 2.05) is 0 Å². The van der Waals surface area contributed by atoms with Crippen LogP contribution in [0.5, 0.6) is 5.75 Å². The largest absolute Gasteiger partial charge is 0.475 e. The number of carbonyl (C=O) groups excluding carboxylic acids is 1. The molecule has 0 fully saturated rings. The molecule has 2 rings (SSSR count). The molecule has 1 N–H and O–H groups in total. The van der Waals surface area contributed by atoms with Crippen LogP contribution >= 0.6 is 10.2 Å². The maximum atomic E-state index is 13.4. The molecule has 2 atom stereocenters. The molecule has 0 radical (unpaired) electrons. The number of ether oxygens (including phenoxy) is 2. The van der Waals surface area contributed by atoms with Crippen molar-refractivity contribution in [2.45, 2.75) is 43.7 Å². The minimum Gasteiger partial charge on any atom is -0.475 e. The van der Waals surface area contributed by atoms with Crippen molar-refractivity contribution in [3.8, 4) is 5.75 Å². The summed E-state index contributed by atoms with van der Waals surface area (Å²) in [5.41, 5.74) is -2.71. The van der Waals surface area contributed by atoms with Gasteiger partial charge in [-0.2, -0.15) is 13.2 Å². The quantitative estimate of drug-likeness (QED) is 0.168. The molecule has 16 heteroatoms. The van der Waals surface area contributed by atoms with Crippen molar-refractivity contribution in [2.24, 2.45) is 10.6 Å². The van der Waals surface area contributed by atoms with Gasteiger partial charge in [0.2, 0.25) is 6.10 Å². The van der Waals surface area contributed by atoms with E-state index in [1.165, 1.54) is 6.92 Å². The van der Waals surface area contributed by atoms with Crippen LogP contribution in [0.3, 0.4) is 0 Å². The number of hydrogen-bond donors (Lipinski definition) is 1. The third-order valence-corrected chi connectivity index (χ3v) is 4.99. The molecule has 7 nitrogen and oxygen atoms in total. The molecule has 1 aliphatic heterocycles. The van der Waals surface area contributed by atoms with E-state index in [2.05, 4.69) is 20.1 Å². The number of halogens is 8. The molecule has 1 aromatic carbocycles. The first kappa shape index (κ1) is 24.5. The van der Waals surface area contributed by atoms with Crippen LogP contribution in [0.15, 0.2) is 33.2 Å². The average Bonchev–Trinajstić information content (AvgIpc) is 2.61. The second-order valence-electron chi connectivity index (χ2n) is 6.21. The van der Waals surface area contributed by atoms with E-state index in [9.17, 15) is 37.4 Å². The molecule has 0 saturated carbocycles. The van der Waals surface area contributed by atoms with Crippen molar-refractivity contribution in [1.29, 1.82) is 0 Å². The van der Waals surface area contributed by atoms with E-state index in [0.29, 0.717) is 6.08 Å². The average molecular weight is 486 g/mol. The van der Waals surface area contributed by atoms with Crippen LogP contribution in [0.2, 0.25) is 0 Å². The lowest BCUT2D eigenvalue weighted by molar-refractivity contribution is -0.195. The number of alkyl halides is 3. The fraction of sp³-hybridized carbons (Fsp3) is 0.400. The van der Waals surface area contributed by atoms with Crippen molar-refractivity contribution in [3.63, 3.8) is 0 Å². The summed E-state index contributed by atoms with van der Waals surface area (Å²) in [4.78, 5) is 14.0. The Bertz CT molecular complexity index is 946. The van der Waals surface area contributed by atoms with Crippen LogP contribution in [-0.2, 0) is 20.8 Å². The fourth-order valence-electron chi connectivity index (χ4n) is 2.58. The molecule has 1 aliphatic rings. The number of fused-ring (bicyclic) bond motifs is 1. The Morgan fingerprint density at radius 1 is 1.26 bits per heavy atom. The number of benzene rings is 1. The first-order valence-corrected chi connectivity index (χ1v) is 10.1. The van der Waals surface area contributed by atoms with Crippen LogP contribution in [0.25, 0.3) is 6.08 Å². The minimum absolute atomic E-state index is 0.0147. The zero-order valence-corrected chi connectivity index (χ0v) is 16.3. The van der Waals surface area contributed by atoms with Gasteiger partial charge in [-0.25, -0.2) is 4.79 Å². The molecule has 176 valence electrons. The van der Waals surface area contributed by atoms with Crippen LogP contribution in [0, 0.1) is 0 Å². The van der Waals surface area contributed by atoms with Gasteiger partial charge < -0.3 is 19.5 Å². The molecule has 1 heterocycles. The fourth-order valence-corrected chi connectivity index (χ4v) is 3.30. The zero-order valence-electron chi connectivity index (χ0n) is 15.5. The molecule has 0 spiro atoms. The lowest BCUT2D eigenvalue weighted by Crippen LogP contribution is -2.41. The van der Waals surface area contributed by atoms with Gasteiger partial charge >= 0.3 is 22.4 Å². The monoisotopic (exact) mass is 486 g/mol. The maximum absolute atomic E-state index is 13.4. The first-order valence-electron chi connectivity index (χ1n) is 8.14. The molecule has 0 amide bonds. The highest BCUT2D eigenvalue weighted by molar-refractivity contribution is 8.45. The summed E-state index contributed by atoms with van der Waals surface area (Å²) in [5.74, 6) is -2.48. The van der Waals surface area contributed by atoms with Gasteiger partial charge in [-0.15, -0.1) is 0 Å². The summed E-state index contributed by atoms with van der Waals surface area (Å²) in [6.07, 6.45) is -9.91. The predicted molar refractivity (Wildman–Crippen MR) is 88.9 cm³/mol. The number of aryl methyl sites for hydroxylation is 1. The van der Waals surface area contributed by atoms with E-state index in [4.69, 9.17) is 9.94 Å². The first-order chi connectivity index (χ1) is 13.9. The van der Waals surface area contributed by atoms with Crippen molar-refractivity contribution < 1.29 is 56.9 Å². The van der Waals surface area contributed by atoms with Crippen LogP contribution in [-0.4, -0.2) is 29.7 Å². The lowest BCUT2D eigenvalue weighted by atomic mass is 9.98. The van der Waals surface area contributed by atoms with Crippen LogP contribution < -0.4 is 4.74 Å². The second kappa shape index (κ2) is 7.13. The molecule has 0 aromatic heterocycles. The van der Waals surface area contributed by atoms with Gasteiger partial charge in [0.25, 0.3) is 6.29 Å². The summed E-state index contributed by atoms with van der Waals surface area (Å²) in [6, 6.07) is -0.0867. The maximum Gasteiger partial charge on any atom is 0.430 e. The highest BCUT2D eigenvalue weighted by Crippen LogP contribution is 3.02. The smallest absolute Gasteiger partial charge is 0.430 e. The highest BCUT2D eigenvalue weighted by atomic mass is 32.5. The van der Waals surface area contributed by atoms with Crippen molar-refractivity contribution in [3.05, 3.63) is 28.8 Å². The van der Waals surface area contributed by atoms with Gasteiger partial charge in [0.1, 0.15) is 10.6 Å². The summed E-state index contributed by atoms with van der Waals surface area (Å²) >= 11 is 0. The Morgan fingerprint density at radius 2 is 1.87 bits per heavy atom. The summed E-state index contributed by atoms with van der Waals surface area (Å²) in [5, 5.41) is 12.8. The van der Waals surface area contributed by atoms with E-state index >= 15 is 0 Å². The Morgan fingerprint density at radius 3 is 2.35 bits per heavy atom. The van der Waals surface area contributed by atoms with Gasteiger partial charge in [-0.1, -0.05) is 26.4 Å². The number of hydrogen-bond acceptors (Lipinski definition) is 6. The van der Waals surface area contributed by atoms with E-state index in [-0.39, 0.29) is 18.6 Å². The lowest BCUT2D eigenvalue weighted by Gasteiger charge is -2.41. The Labute approximate surface area is 168 Å². The van der Waals surface area contributed by atoms with E-state index in [1.54, 1.807) is 0 Å². The SMILES string of the molecule is CCc1cc(S(F)(F)(F)(F)F)cc2c1O[C@H](C(F)(F)F)C(C(=O)OC(C)O/N=N\O)=C2. The van der Waals surface area contributed by atoms with E-state index < -0.39 is 62.1 Å². The number of nitrogens with zero attached hydrogens (tertiary/aromatic N) is 2. The van der Waals surface area contributed by atoms with Gasteiger partial charge in [-0.05, 0) is 30.2 Å². The standard InChI is InChI=1S/C15H14F8N2O5S/c1-3-8-4-10(31(19,20,21,22)23)5-9-6-11(13(15(16,17)18)29-12(8)9)14(26)28-7(2)30-25-24-27/h4-7,13H,3H2,1-2H3,(H,25,27)/t7?,13-/m0/s1. The van der Waals surface area contributed by atoms with Gasteiger partial charge in [0, 0.05) is 12.5 Å². The van der Waals surface area contributed by atoms with E-state index in [0.717, 1.165) is 6.92 Å². The molecule has 0 saturated heterocycles. The van der Waals surface area contributed by atoms with Crippen LogP contribution in [0.4, 0.5) is 32.6 Å². The highest BCUT2D eigenvalue weighted by Gasteiger charge is 2.66. The number of rotatable bonds is 6. The predicted octanol–water partition coefficient (Wildman–Crippen LogP) is 6.28. The third-order valence-electron chi connectivity index (χ3n) is 3.86. The third kappa shape index (κ3) is 5.68. The number of carbonyl (C=O) groups is 1. The Kier molecular flexibility index (Phi) is 5.63. The molecule has 0 bridgehead atoms. The van der Waals surface area contributed by atoms with Gasteiger partial charge in [0.05, 0.1) is 16.1 Å². The number of esters is 1. The Balaban J connectivity index is 2.64. The summed E-state index contributed by atoms with van der Waals surface area (Å²) < 4.78 is 116. The normalized spacial score (nSPS) is 20.1. The Hall–Kier alpha value is -2.78. The van der Waals surface area contributed by atoms with Crippen LogP contribution in [0.1, 0.15) is 25.0 Å². The second-order valence-corrected chi connectivity index (χ2v) is 8.62. The van der Waals surface area contributed by atoms with Crippen molar-refractivity contribution in [2.75, 3.05) is 0 Å². The zero-order chi connectivity index (χ0) is 23.9. The molecular formula is C15H14F8N2O5S. The molecule has 1 unspecified atom stereocenters. The van der Waals surface area contributed by atoms with Crippen molar-refractivity contribution in [1.82, 2.24) is 0 Å². The molecule has 31 heavy (non-hydrogen) atoms. The molecule has 0 aliphatic carbocycles. The van der Waals surface area contributed by atoms with Gasteiger partial charge in [-0.3, -0.25) is 0 Å². The summed E-state index contributed by atoms with van der Waals surface area (Å²) in [6.45, 7) is 2.19. The van der Waals surface area contributed by atoms with Gasteiger partial charge in [0.15, 0.2) is 0 Å². The summed E-state index contributed by atoms with van der Waals surface area (Å²) in [7, 11) is -10.2. The molecular weight excluding hydrogens is 472 g/mol. The van der Waals surface area contributed by atoms with Crippen molar-refractivity contribution >= 4 is 22.3 Å². The molecule has 1 aromatic rings. The topological polar surface area (TPSA) is 89.7 Å².